The lowest BCUT2D eigenvalue weighted by atomic mass is 10.1. The largest absolute Gasteiger partial charge is 0.481 e. The summed E-state index contributed by atoms with van der Waals surface area (Å²) in [5.74, 6) is -0.510. The highest BCUT2D eigenvalue weighted by Crippen LogP contribution is 2.27. The van der Waals surface area contributed by atoms with Gasteiger partial charge in [-0.3, -0.25) is 4.79 Å². The van der Waals surface area contributed by atoms with Crippen molar-refractivity contribution in [2.24, 2.45) is 0 Å². The second kappa shape index (κ2) is 8.59. The van der Waals surface area contributed by atoms with Crippen molar-refractivity contribution in [2.75, 3.05) is 0 Å². The van der Waals surface area contributed by atoms with Gasteiger partial charge in [0.15, 0.2) is 6.10 Å². The number of hydrogen-bond donors (Lipinski definition) is 1. The van der Waals surface area contributed by atoms with Gasteiger partial charge in [0.2, 0.25) is 0 Å². The Hall–Kier alpha value is -3.63. The van der Waals surface area contributed by atoms with E-state index in [1.54, 1.807) is 48.5 Å². The predicted molar refractivity (Wildman–Crippen MR) is 108 cm³/mol. The first kappa shape index (κ1) is 20.1. The van der Waals surface area contributed by atoms with Crippen LogP contribution in [0, 0.1) is 11.3 Å². The maximum absolute atomic E-state index is 12.9. The quantitative estimate of drug-likeness (QED) is 0.676. The fourth-order valence-electron chi connectivity index (χ4n) is 2.72. The summed E-state index contributed by atoms with van der Waals surface area (Å²) >= 11 is 0. The van der Waals surface area contributed by atoms with Gasteiger partial charge in [-0.25, -0.2) is 13.1 Å². The van der Waals surface area contributed by atoms with Gasteiger partial charge in [-0.2, -0.15) is 5.26 Å². The van der Waals surface area contributed by atoms with E-state index in [0.29, 0.717) is 16.9 Å². The molecule has 1 N–H and O–H groups in total. The molecule has 1 unspecified atom stereocenters. The first-order valence-corrected chi connectivity index (χ1v) is 10.3. The van der Waals surface area contributed by atoms with Crippen molar-refractivity contribution in [1.82, 2.24) is 4.72 Å². The van der Waals surface area contributed by atoms with Crippen molar-refractivity contribution in [3.8, 4) is 22.9 Å². The van der Waals surface area contributed by atoms with Gasteiger partial charge in [-0.15, -0.1) is 0 Å². The molecular weight excluding hydrogens is 388 g/mol. The molecule has 0 fully saturated rings. The molecule has 6 nitrogen and oxygen atoms in total. The number of sulfonamides is 1. The van der Waals surface area contributed by atoms with E-state index in [2.05, 4.69) is 4.72 Å². The minimum atomic E-state index is -4.12. The molecule has 0 saturated carbocycles. The number of hydrogen-bond acceptors (Lipinski definition) is 5. The van der Waals surface area contributed by atoms with E-state index in [-0.39, 0.29) is 4.90 Å². The smallest absolute Gasteiger partial charge is 0.274 e. The Kier molecular flexibility index (Phi) is 5.96. The number of benzene rings is 3. The summed E-state index contributed by atoms with van der Waals surface area (Å²) in [6, 6.07) is 23.8. The van der Waals surface area contributed by atoms with Crippen LogP contribution in [0.5, 0.6) is 5.75 Å². The van der Waals surface area contributed by atoms with Crippen molar-refractivity contribution in [3.05, 3.63) is 84.4 Å². The molecule has 0 aliphatic rings. The zero-order valence-electron chi connectivity index (χ0n) is 15.6. The fourth-order valence-corrected chi connectivity index (χ4v) is 4.00. The molecule has 3 rings (SSSR count). The summed E-state index contributed by atoms with van der Waals surface area (Å²) in [5.41, 5.74) is 1.58. The lowest BCUT2D eigenvalue weighted by molar-refractivity contribution is -0.125. The SMILES string of the molecule is CC(Oc1cccc(C#N)c1)C(=O)NS(=O)(=O)c1ccccc1-c1ccccc1. The van der Waals surface area contributed by atoms with Gasteiger partial charge in [0.25, 0.3) is 15.9 Å². The van der Waals surface area contributed by atoms with E-state index in [9.17, 15) is 13.2 Å². The molecule has 0 aliphatic heterocycles. The van der Waals surface area contributed by atoms with E-state index in [4.69, 9.17) is 10.00 Å². The molecular formula is C22H18N2O4S. The number of amides is 1. The molecule has 29 heavy (non-hydrogen) atoms. The van der Waals surface area contributed by atoms with Crippen LogP contribution in [0.15, 0.2) is 83.8 Å². The summed E-state index contributed by atoms with van der Waals surface area (Å²) in [4.78, 5) is 12.5. The lowest BCUT2D eigenvalue weighted by Crippen LogP contribution is -2.40. The number of rotatable bonds is 6. The number of nitriles is 1. The number of carbonyl (C=O) groups is 1. The van der Waals surface area contributed by atoms with Gasteiger partial charge >= 0.3 is 0 Å². The third-order valence-corrected chi connectivity index (χ3v) is 5.55. The summed E-state index contributed by atoms with van der Waals surface area (Å²) in [5, 5.41) is 8.94. The van der Waals surface area contributed by atoms with Crippen molar-refractivity contribution in [3.63, 3.8) is 0 Å². The Morgan fingerprint density at radius 3 is 2.41 bits per heavy atom. The van der Waals surface area contributed by atoms with Crippen LogP contribution in [0.2, 0.25) is 0 Å². The summed E-state index contributed by atoms with van der Waals surface area (Å²) in [6.45, 7) is 1.44. The van der Waals surface area contributed by atoms with Crippen molar-refractivity contribution < 1.29 is 17.9 Å². The maximum Gasteiger partial charge on any atom is 0.274 e. The number of carbonyl (C=O) groups excluding carboxylic acids is 1. The average Bonchev–Trinajstić information content (AvgIpc) is 2.74. The highest BCUT2D eigenvalue weighted by atomic mass is 32.2. The van der Waals surface area contributed by atoms with Crippen LogP contribution in [0.4, 0.5) is 0 Å². The van der Waals surface area contributed by atoms with Crippen LogP contribution >= 0.6 is 0 Å². The molecule has 0 bridgehead atoms. The second-order valence-electron chi connectivity index (χ2n) is 6.23. The third-order valence-electron chi connectivity index (χ3n) is 4.14. The first-order chi connectivity index (χ1) is 13.9. The summed E-state index contributed by atoms with van der Waals surface area (Å²) < 4.78 is 33.3. The van der Waals surface area contributed by atoms with Crippen molar-refractivity contribution in [2.45, 2.75) is 17.9 Å². The molecule has 0 saturated heterocycles. The third kappa shape index (κ3) is 4.81. The van der Waals surface area contributed by atoms with Gasteiger partial charge in [-0.05, 0) is 36.8 Å². The maximum atomic E-state index is 12.9. The van der Waals surface area contributed by atoms with Gasteiger partial charge in [-0.1, -0.05) is 54.6 Å². The molecule has 0 radical (unpaired) electrons. The zero-order valence-corrected chi connectivity index (χ0v) is 16.4. The molecule has 0 heterocycles. The van der Waals surface area contributed by atoms with Crippen LogP contribution in [-0.2, 0) is 14.8 Å². The van der Waals surface area contributed by atoms with Crippen LogP contribution in [0.1, 0.15) is 12.5 Å². The molecule has 0 aromatic heterocycles. The predicted octanol–water partition coefficient (Wildman–Crippen LogP) is 3.50. The molecule has 3 aromatic carbocycles. The number of nitrogens with zero attached hydrogens (tertiary/aromatic N) is 1. The van der Waals surface area contributed by atoms with E-state index in [1.807, 2.05) is 24.3 Å². The monoisotopic (exact) mass is 406 g/mol. The Morgan fingerprint density at radius 1 is 1.00 bits per heavy atom. The van der Waals surface area contributed by atoms with E-state index >= 15 is 0 Å². The van der Waals surface area contributed by atoms with Crippen molar-refractivity contribution in [1.29, 1.82) is 5.26 Å². The molecule has 0 spiro atoms. The lowest BCUT2D eigenvalue weighted by Gasteiger charge is -2.16. The van der Waals surface area contributed by atoms with E-state index in [1.165, 1.54) is 19.1 Å². The van der Waals surface area contributed by atoms with Gasteiger partial charge in [0, 0.05) is 5.56 Å². The highest BCUT2D eigenvalue weighted by Gasteiger charge is 2.25. The Bertz CT molecular complexity index is 1170. The minimum absolute atomic E-state index is 0.00164. The van der Waals surface area contributed by atoms with E-state index in [0.717, 1.165) is 5.56 Å². The Balaban J connectivity index is 1.81. The van der Waals surface area contributed by atoms with Crippen molar-refractivity contribution >= 4 is 15.9 Å². The molecule has 7 heteroatoms. The van der Waals surface area contributed by atoms with Gasteiger partial charge < -0.3 is 4.74 Å². The Morgan fingerprint density at radius 2 is 1.69 bits per heavy atom. The first-order valence-electron chi connectivity index (χ1n) is 8.78. The van der Waals surface area contributed by atoms with Crippen LogP contribution < -0.4 is 9.46 Å². The van der Waals surface area contributed by atoms with Crippen LogP contribution in [0.3, 0.4) is 0 Å². The molecule has 1 atom stereocenters. The molecule has 146 valence electrons. The number of nitrogens with one attached hydrogen (secondary N) is 1. The zero-order chi connectivity index (χ0) is 20.9. The highest BCUT2D eigenvalue weighted by molar-refractivity contribution is 7.90. The van der Waals surface area contributed by atoms with Crippen LogP contribution in [0.25, 0.3) is 11.1 Å². The van der Waals surface area contributed by atoms with Crippen LogP contribution in [-0.4, -0.2) is 20.4 Å². The van der Waals surface area contributed by atoms with Gasteiger partial charge in [0.05, 0.1) is 16.5 Å². The number of ether oxygens (including phenoxy) is 1. The molecule has 3 aromatic rings. The molecule has 0 aliphatic carbocycles. The van der Waals surface area contributed by atoms with E-state index < -0.39 is 22.0 Å². The second-order valence-corrected chi connectivity index (χ2v) is 7.88. The minimum Gasteiger partial charge on any atom is -0.481 e. The normalized spacial score (nSPS) is 11.9. The summed E-state index contributed by atoms with van der Waals surface area (Å²) in [6.07, 6.45) is -1.08. The topological polar surface area (TPSA) is 96.3 Å². The standard InChI is InChI=1S/C22H18N2O4S/c1-16(28-19-11-7-8-17(14-19)15-23)22(25)24-29(26,27)21-13-6-5-12-20(21)18-9-3-2-4-10-18/h2-14,16H,1H3,(H,24,25). The fraction of sp³-hybridized carbons (Fsp3) is 0.0909. The summed E-state index contributed by atoms with van der Waals surface area (Å²) in [7, 11) is -4.12. The molecule has 1 amide bonds. The van der Waals surface area contributed by atoms with Gasteiger partial charge in [0.1, 0.15) is 5.75 Å². The Labute approximate surface area is 169 Å². The average molecular weight is 406 g/mol.